The summed E-state index contributed by atoms with van der Waals surface area (Å²) in [4.78, 5) is 21.2. The largest absolute Gasteiger partial charge is 0.352 e. The third-order valence-electron chi connectivity index (χ3n) is 4.48. The second-order valence-electron chi connectivity index (χ2n) is 6.32. The quantitative estimate of drug-likeness (QED) is 0.686. The number of nitrogens with zero attached hydrogens (tertiary/aromatic N) is 2. The number of rotatable bonds is 4. The second-order valence-corrected chi connectivity index (χ2v) is 7.28. The van der Waals surface area contributed by atoms with Crippen molar-refractivity contribution in [3.63, 3.8) is 0 Å². The van der Waals surface area contributed by atoms with Crippen LogP contribution in [0, 0.1) is 12.8 Å². The summed E-state index contributed by atoms with van der Waals surface area (Å²) in [7, 11) is 0. The van der Waals surface area contributed by atoms with Crippen LogP contribution >= 0.6 is 11.8 Å². The van der Waals surface area contributed by atoms with Gasteiger partial charge in [-0.3, -0.25) is 4.79 Å². The van der Waals surface area contributed by atoms with E-state index in [1.54, 1.807) is 0 Å². The van der Waals surface area contributed by atoms with Crippen molar-refractivity contribution in [2.24, 2.45) is 5.92 Å². The first kappa shape index (κ1) is 16.2. The van der Waals surface area contributed by atoms with Gasteiger partial charge in [0.2, 0.25) is 5.91 Å². The van der Waals surface area contributed by atoms with E-state index in [9.17, 15) is 4.79 Å². The Balaban J connectivity index is 1.65. The molecule has 0 saturated heterocycles. The van der Waals surface area contributed by atoms with Crippen LogP contribution in [0.3, 0.4) is 0 Å². The van der Waals surface area contributed by atoms with Crippen LogP contribution in [0.15, 0.2) is 29.3 Å². The molecule has 4 nitrogen and oxygen atoms in total. The molecular formula is C18H23N3OS. The monoisotopic (exact) mass is 329 g/mol. The fourth-order valence-electron chi connectivity index (χ4n) is 3.18. The third kappa shape index (κ3) is 4.02. The lowest BCUT2D eigenvalue weighted by atomic mass is 9.86. The van der Waals surface area contributed by atoms with Crippen LogP contribution in [-0.4, -0.2) is 27.7 Å². The predicted molar refractivity (Wildman–Crippen MR) is 94.6 cm³/mol. The zero-order chi connectivity index (χ0) is 16.2. The van der Waals surface area contributed by atoms with Gasteiger partial charge in [-0.2, -0.15) is 0 Å². The summed E-state index contributed by atoms with van der Waals surface area (Å²) >= 11 is 1.50. The van der Waals surface area contributed by atoms with Crippen molar-refractivity contribution in [3.8, 4) is 0 Å². The Morgan fingerprint density at radius 3 is 2.87 bits per heavy atom. The van der Waals surface area contributed by atoms with Crippen LogP contribution in [0.5, 0.6) is 0 Å². The molecule has 0 aliphatic heterocycles. The third-order valence-corrected chi connectivity index (χ3v) is 5.47. The maximum Gasteiger partial charge on any atom is 0.230 e. The van der Waals surface area contributed by atoms with Crippen molar-refractivity contribution in [3.05, 3.63) is 30.1 Å². The van der Waals surface area contributed by atoms with E-state index in [2.05, 4.69) is 22.2 Å². The molecule has 0 bridgehead atoms. The van der Waals surface area contributed by atoms with Gasteiger partial charge in [0.25, 0.3) is 0 Å². The van der Waals surface area contributed by atoms with Gasteiger partial charge in [-0.1, -0.05) is 49.7 Å². The maximum absolute atomic E-state index is 12.3. The molecule has 2 aromatic rings. The van der Waals surface area contributed by atoms with E-state index in [0.717, 1.165) is 28.2 Å². The molecule has 0 unspecified atom stereocenters. The lowest BCUT2D eigenvalue weighted by Gasteiger charge is -2.29. The van der Waals surface area contributed by atoms with Crippen molar-refractivity contribution < 1.29 is 4.79 Å². The highest BCUT2D eigenvalue weighted by molar-refractivity contribution is 8.00. The summed E-state index contributed by atoms with van der Waals surface area (Å²) in [5, 5.41) is 5.10. The van der Waals surface area contributed by atoms with Crippen molar-refractivity contribution >= 4 is 28.6 Å². The van der Waals surface area contributed by atoms with E-state index in [1.807, 2.05) is 31.2 Å². The van der Waals surface area contributed by atoms with E-state index >= 15 is 0 Å². The molecule has 2 atom stereocenters. The van der Waals surface area contributed by atoms with Gasteiger partial charge in [0.05, 0.1) is 11.3 Å². The van der Waals surface area contributed by atoms with Gasteiger partial charge in [0.1, 0.15) is 10.9 Å². The molecule has 0 radical (unpaired) electrons. The topological polar surface area (TPSA) is 54.9 Å². The number of carbonyl (C=O) groups is 1. The smallest absolute Gasteiger partial charge is 0.230 e. The molecule has 1 heterocycles. The number of hydrogen-bond acceptors (Lipinski definition) is 4. The molecule has 1 fully saturated rings. The minimum atomic E-state index is 0.106. The summed E-state index contributed by atoms with van der Waals surface area (Å²) < 4.78 is 0. The molecule has 1 N–H and O–H groups in total. The fraction of sp³-hybridized carbons (Fsp3) is 0.500. The summed E-state index contributed by atoms with van der Waals surface area (Å²) in [6.07, 6.45) is 4.83. The van der Waals surface area contributed by atoms with Gasteiger partial charge < -0.3 is 5.32 Å². The highest BCUT2D eigenvalue weighted by Crippen LogP contribution is 2.26. The number of hydrogen-bond donors (Lipinski definition) is 1. The minimum absolute atomic E-state index is 0.106. The highest BCUT2D eigenvalue weighted by Gasteiger charge is 2.22. The lowest BCUT2D eigenvalue weighted by Crippen LogP contribution is -2.41. The first-order valence-electron chi connectivity index (χ1n) is 8.29. The number of benzene rings is 1. The van der Waals surface area contributed by atoms with E-state index in [0.29, 0.717) is 17.7 Å². The van der Waals surface area contributed by atoms with E-state index in [-0.39, 0.29) is 5.91 Å². The van der Waals surface area contributed by atoms with E-state index in [1.165, 1.54) is 31.0 Å². The van der Waals surface area contributed by atoms with Crippen molar-refractivity contribution in [2.45, 2.75) is 50.6 Å². The number of aryl methyl sites for hydroxylation is 1. The average molecular weight is 329 g/mol. The molecule has 1 aliphatic rings. The average Bonchev–Trinajstić information content (AvgIpc) is 2.54. The van der Waals surface area contributed by atoms with Crippen LogP contribution in [0.1, 0.15) is 38.4 Å². The van der Waals surface area contributed by atoms with E-state index < -0.39 is 0 Å². The first-order valence-corrected chi connectivity index (χ1v) is 9.27. The number of amides is 1. The second kappa shape index (κ2) is 7.30. The van der Waals surface area contributed by atoms with Gasteiger partial charge in [0, 0.05) is 11.4 Å². The Morgan fingerprint density at radius 1 is 1.26 bits per heavy atom. The molecule has 3 rings (SSSR count). The molecule has 0 spiro atoms. The molecule has 1 aromatic heterocycles. The molecule has 1 amide bonds. The zero-order valence-electron chi connectivity index (χ0n) is 13.7. The maximum atomic E-state index is 12.3. The van der Waals surface area contributed by atoms with Crippen LogP contribution in [-0.2, 0) is 4.79 Å². The number of fused-ring (bicyclic) bond motifs is 1. The van der Waals surface area contributed by atoms with Gasteiger partial charge in [-0.25, -0.2) is 9.97 Å². The standard InChI is InChI=1S/C18H23N3OS/c1-12-7-3-5-9-15(12)21-17(22)11-23-18-14-8-4-6-10-16(14)19-13(2)20-18/h4,6,8,10,12,15H,3,5,7,9,11H2,1-2H3,(H,21,22)/t12-,15-/m0/s1. The van der Waals surface area contributed by atoms with Crippen molar-refractivity contribution in [1.82, 2.24) is 15.3 Å². The number of nitrogens with one attached hydrogen (secondary N) is 1. The van der Waals surface area contributed by atoms with Gasteiger partial charge in [0.15, 0.2) is 0 Å². The molecular weight excluding hydrogens is 306 g/mol. The summed E-state index contributed by atoms with van der Waals surface area (Å²) in [6.45, 7) is 4.12. The Kier molecular flexibility index (Phi) is 5.16. The molecule has 122 valence electrons. The predicted octanol–water partition coefficient (Wildman–Crippen LogP) is 3.73. The number of carbonyl (C=O) groups excluding carboxylic acids is 1. The normalized spacial score (nSPS) is 21.3. The van der Waals surface area contributed by atoms with Gasteiger partial charge >= 0.3 is 0 Å². The molecule has 1 aromatic carbocycles. The Bertz CT molecular complexity index is 704. The molecule has 23 heavy (non-hydrogen) atoms. The van der Waals surface area contributed by atoms with Crippen LogP contribution < -0.4 is 5.32 Å². The number of aromatic nitrogens is 2. The highest BCUT2D eigenvalue weighted by atomic mass is 32.2. The van der Waals surface area contributed by atoms with Gasteiger partial charge in [-0.15, -0.1) is 0 Å². The van der Waals surface area contributed by atoms with Crippen molar-refractivity contribution in [2.75, 3.05) is 5.75 Å². The molecule has 1 saturated carbocycles. The van der Waals surface area contributed by atoms with Gasteiger partial charge in [-0.05, 0) is 31.7 Å². The Morgan fingerprint density at radius 2 is 2.04 bits per heavy atom. The Labute approximate surface area is 141 Å². The number of thioether (sulfide) groups is 1. The van der Waals surface area contributed by atoms with Crippen LogP contribution in [0.4, 0.5) is 0 Å². The number of para-hydroxylation sites is 1. The lowest BCUT2D eigenvalue weighted by molar-refractivity contribution is -0.119. The van der Waals surface area contributed by atoms with Crippen LogP contribution in [0.25, 0.3) is 10.9 Å². The minimum Gasteiger partial charge on any atom is -0.352 e. The summed E-state index contributed by atoms with van der Waals surface area (Å²) in [5.41, 5.74) is 0.934. The van der Waals surface area contributed by atoms with E-state index in [4.69, 9.17) is 0 Å². The first-order chi connectivity index (χ1) is 11.1. The van der Waals surface area contributed by atoms with Crippen LogP contribution in [0.2, 0.25) is 0 Å². The summed E-state index contributed by atoms with van der Waals surface area (Å²) in [5.74, 6) is 1.84. The summed E-state index contributed by atoms with van der Waals surface area (Å²) in [6, 6.07) is 8.28. The fourth-order valence-corrected chi connectivity index (χ4v) is 4.06. The Hall–Kier alpha value is -1.62. The van der Waals surface area contributed by atoms with Crippen molar-refractivity contribution in [1.29, 1.82) is 0 Å². The SMILES string of the molecule is Cc1nc(SCC(=O)N[C@H]2CCCC[C@@H]2C)c2ccccc2n1. The molecule has 1 aliphatic carbocycles. The molecule has 5 heteroatoms. The zero-order valence-corrected chi connectivity index (χ0v) is 14.5.